The molecule has 2 aromatic carbocycles. The molecule has 1 aliphatic rings. The minimum Gasteiger partial charge on any atom is -0.293 e. The number of rotatable bonds is 1. The topological polar surface area (TPSA) is 34.1 Å². The van der Waals surface area contributed by atoms with Crippen LogP contribution in [-0.2, 0) is 0 Å². The molecular weight excluding hydrogens is 292 g/mol. The summed E-state index contributed by atoms with van der Waals surface area (Å²) >= 11 is 3.34. The molecule has 2 aromatic rings. The van der Waals surface area contributed by atoms with Crippen molar-refractivity contribution in [1.29, 1.82) is 0 Å². The van der Waals surface area contributed by atoms with Crippen LogP contribution in [0.2, 0.25) is 0 Å². The Morgan fingerprint density at radius 3 is 1.78 bits per heavy atom. The number of ketones is 2. The summed E-state index contributed by atoms with van der Waals surface area (Å²) in [5.41, 5.74) is 1.83. The Bertz CT molecular complexity index is 609. The normalized spacial score (nSPS) is 14.9. The first kappa shape index (κ1) is 11.4. The number of carbonyl (C=O) groups is 2. The zero-order valence-electron chi connectivity index (χ0n) is 9.39. The molecule has 3 heteroatoms. The lowest BCUT2D eigenvalue weighted by Gasteiger charge is -2.06. The van der Waals surface area contributed by atoms with Gasteiger partial charge in [0.05, 0.1) is 0 Å². The fourth-order valence-electron chi connectivity index (χ4n) is 2.30. The zero-order valence-corrected chi connectivity index (χ0v) is 11.0. The molecule has 0 saturated heterocycles. The Balaban J connectivity index is 2.09. The summed E-state index contributed by atoms with van der Waals surface area (Å²) in [4.78, 5) is 24.5. The third-order valence-electron chi connectivity index (χ3n) is 3.19. The highest BCUT2D eigenvalue weighted by molar-refractivity contribution is 9.10. The van der Waals surface area contributed by atoms with Gasteiger partial charge in [0.15, 0.2) is 11.6 Å². The number of hydrogen-bond donors (Lipinski definition) is 0. The van der Waals surface area contributed by atoms with Crippen LogP contribution in [0.1, 0.15) is 32.2 Å². The average molecular weight is 301 g/mol. The van der Waals surface area contributed by atoms with Gasteiger partial charge in [0.2, 0.25) is 0 Å². The SMILES string of the molecule is O=C1c2ccccc2C(=O)C1c1ccc(Br)cc1. The van der Waals surface area contributed by atoms with Crippen LogP contribution in [0.3, 0.4) is 0 Å². The van der Waals surface area contributed by atoms with Gasteiger partial charge in [-0.25, -0.2) is 0 Å². The van der Waals surface area contributed by atoms with Gasteiger partial charge in [0.1, 0.15) is 5.92 Å². The highest BCUT2D eigenvalue weighted by atomic mass is 79.9. The number of halogens is 1. The van der Waals surface area contributed by atoms with E-state index in [4.69, 9.17) is 0 Å². The van der Waals surface area contributed by atoms with Crippen molar-refractivity contribution in [1.82, 2.24) is 0 Å². The Labute approximate surface area is 113 Å². The van der Waals surface area contributed by atoms with Gasteiger partial charge < -0.3 is 0 Å². The van der Waals surface area contributed by atoms with E-state index in [0.29, 0.717) is 11.1 Å². The van der Waals surface area contributed by atoms with Crippen molar-refractivity contribution in [3.05, 3.63) is 69.7 Å². The summed E-state index contributed by atoms with van der Waals surface area (Å²) in [6.07, 6.45) is 0. The number of hydrogen-bond acceptors (Lipinski definition) is 2. The Morgan fingerprint density at radius 2 is 1.28 bits per heavy atom. The molecule has 0 aliphatic heterocycles. The molecule has 0 heterocycles. The number of Topliss-reactive ketones (excluding diaryl/α,β-unsaturated/α-hetero) is 2. The Morgan fingerprint density at radius 1 is 0.778 bits per heavy atom. The highest BCUT2D eigenvalue weighted by Gasteiger charge is 2.38. The lowest BCUT2D eigenvalue weighted by atomic mass is 9.94. The van der Waals surface area contributed by atoms with Gasteiger partial charge in [-0.1, -0.05) is 52.3 Å². The van der Waals surface area contributed by atoms with Crippen molar-refractivity contribution in [3.63, 3.8) is 0 Å². The van der Waals surface area contributed by atoms with Crippen LogP contribution < -0.4 is 0 Å². The zero-order chi connectivity index (χ0) is 12.7. The Kier molecular flexibility index (Phi) is 2.63. The summed E-state index contributed by atoms with van der Waals surface area (Å²) in [6, 6.07) is 14.3. The minimum atomic E-state index is -0.671. The summed E-state index contributed by atoms with van der Waals surface area (Å²) in [6.45, 7) is 0. The number of carbonyl (C=O) groups excluding carboxylic acids is 2. The van der Waals surface area contributed by atoms with E-state index in [1.54, 1.807) is 24.3 Å². The molecule has 2 nitrogen and oxygen atoms in total. The third kappa shape index (κ3) is 1.63. The molecule has 0 spiro atoms. The van der Waals surface area contributed by atoms with Gasteiger partial charge >= 0.3 is 0 Å². The van der Waals surface area contributed by atoms with E-state index in [2.05, 4.69) is 15.9 Å². The molecule has 0 unspecified atom stereocenters. The monoisotopic (exact) mass is 300 g/mol. The second-order valence-corrected chi connectivity index (χ2v) is 5.17. The van der Waals surface area contributed by atoms with Crippen molar-refractivity contribution in [2.24, 2.45) is 0 Å². The van der Waals surface area contributed by atoms with E-state index in [0.717, 1.165) is 10.0 Å². The molecule has 88 valence electrons. The quantitative estimate of drug-likeness (QED) is 0.754. The van der Waals surface area contributed by atoms with Crippen molar-refractivity contribution < 1.29 is 9.59 Å². The van der Waals surface area contributed by atoms with Crippen LogP contribution in [0, 0.1) is 0 Å². The number of fused-ring (bicyclic) bond motifs is 1. The smallest absolute Gasteiger partial charge is 0.178 e. The molecule has 0 bridgehead atoms. The van der Waals surface area contributed by atoms with Gasteiger partial charge in [-0.15, -0.1) is 0 Å². The summed E-state index contributed by atoms with van der Waals surface area (Å²) < 4.78 is 0.932. The summed E-state index contributed by atoms with van der Waals surface area (Å²) in [5, 5.41) is 0. The van der Waals surface area contributed by atoms with E-state index < -0.39 is 5.92 Å². The minimum absolute atomic E-state index is 0.0991. The summed E-state index contributed by atoms with van der Waals surface area (Å²) in [7, 11) is 0. The Hall–Kier alpha value is -1.74. The predicted molar refractivity (Wildman–Crippen MR) is 72.0 cm³/mol. The highest BCUT2D eigenvalue weighted by Crippen LogP contribution is 2.34. The van der Waals surface area contributed by atoms with Crippen LogP contribution in [-0.4, -0.2) is 11.6 Å². The maximum absolute atomic E-state index is 12.3. The van der Waals surface area contributed by atoms with Crippen molar-refractivity contribution in [2.75, 3.05) is 0 Å². The molecule has 18 heavy (non-hydrogen) atoms. The largest absolute Gasteiger partial charge is 0.293 e. The summed E-state index contributed by atoms with van der Waals surface area (Å²) in [5.74, 6) is -0.869. The molecule has 3 rings (SSSR count). The molecule has 0 saturated carbocycles. The lowest BCUT2D eigenvalue weighted by molar-refractivity contribution is 0.0890. The van der Waals surface area contributed by atoms with Crippen molar-refractivity contribution in [2.45, 2.75) is 5.92 Å². The van der Waals surface area contributed by atoms with Crippen LogP contribution in [0.4, 0.5) is 0 Å². The molecule has 0 radical (unpaired) electrons. The first-order chi connectivity index (χ1) is 8.68. The maximum atomic E-state index is 12.3. The second-order valence-electron chi connectivity index (χ2n) is 4.26. The molecule has 0 aromatic heterocycles. The van der Waals surface area contributed by atoms with E-state index >= 15 is 0 Å². The molecule has 0 N–H and O–H groups in total. The van der Waals surface area contributed by atoms with E-state index in [9.17, 15) is 9.59 Å². The fraction of sp³-hybridized carbons (Fsp3) is 0.0667. The third-order valence-corrected chi connectivity index (χ3v) is 3.71. The molecule has 1 aliphatic carbocycles. The van der Waals surface area contributed by atoms with Crippen LogP contribution in [0.5, 0.6) is 0 Å². The van der Waals surface area contributed by atoms with Gasteiger partial charge in [0, 0.05) is 15.6 Å². The van der Waals surface area contributed by atoms with E-state index in [1.165, 1.54) is 0 Å². The van der Waals surface area contributed by atoms with E-state index in [1.807, 2.05) is 24.3 Å². The first-order valence-electron chi connectivity index (χ1n) is 5.61. The van der Waals surface area contributed by atoms with Crippen LogP contribution in [0.15, 0.2) is 53.0 Å². The first-order valence-corrected chi connectivity index (χ1v) is 6.40. The van der Waals surface area contributed by atoms with Crippen LogP contribution in [0.25, 0.3) is 0 Å². The lowest BCUT2D eigenvalue weighted by Crippen LogP contribution is -2.12. The maximum Gasteiger partial charge on any atom is 0.178 e. The second kappa shape index (κ2) is 4.18. The van der Waals surface area contributed by atoms with Crippen molar-refractivity contribution >= 4 is 27.5 Å². The van der Waals surface area contributed by atoms with Crippen LogP contribution >= 0.6 is 15.9 Å². The van der Waals surface area contributed by atoms with Crippen molar-refractivity contribution in [3.8, 4) is 0 Å². The van der Waals surface area contributed by atoms with Gasteiger partial charge in [0.25, 0.3) is 0 Å². The standard InChI is InChI=1S/C15H9BrO2/c16-10-7-5-9(6-8-10)13-14(17)11-3-1-2-4-12(11)15(13)18/h1-8,13H. The molecule has 0 amide bonds. The van der Waals surface area contributed by atoms with E-state index in [-0.39, 0.29) is 11.6 Å². The average Bonchev–Trinajstić information content (AvgIpc) is 2.64. The molecule has 0 fully saturated rings. The van der Waals surface area contributed by atoms with Gasteiger partial charge in [-0.2, -0.15) is 0 Å². The molecular formula is C15H9BrO2. The fourth-order valence-corrected chi connectivity index (χ4v) is 2.57. The number of benzene rings is 2. The predicted octanol–water partition coefficient (Wildman–Crippen LogP) is 3.61. The molecule has 0 atom stereocenters. The van der Waals surface area contributed by atoms with Gasteiger partial charge in [-0.05, 0) is 17.7 Å². The van der Waals surface area contributed by atoms with Gasteiger partial charge in [-0.3, -0.25) is 9.59 Å².